The quantitative estimate of drug-likeness (QED) is 0.363. The molecule has 0 radical (unpaired) electrons. The van der Waals surface area contributed by atoms with Gasteiger partial charge in [0.2, 0.25) is 0 Å². The number of allylic oxidation sites excluding steroid dienone is 1. The van der Waals surface area contributed by atoms with Crippen molar-refractivity contribution >= 4 is 23.2 Å². The standard InChI is InChI=1S/C19H14N2S/c1-2-14-8-9-18(16(10-14)12-20)19(22)17(13-21)11-15-6-4-3-5-7-15/h3-11H,2H2,1H3. The van der Waals surface area contributed by atoms with Crippen LogP contribution in [0.3, 0.4) is 0 Å². The average Bonchev–Trinajstić information content (AvgIpc) is 2.59. The van der Waals surface area contributed by atoms with E-state index < -0.39 is 0 Å². The van der Waals surface area contributed by atoms with Gasteiger partial charge in [0.15, 0.2) is 0 Å². The molecule has 0 saturated carbocycles. The molecule has 2 aromatic rings. The van der Waals surface area contributed by atoms with Gasteiger partial charge in [-0.1, -0.05) is 61.6 Å². The van der Waals surface area contributed by atoms with Crippen molar-refractivity contribution in [1.82, 2.24) is 0 Å². The van der Waals surface area contributed by atoms with Crippen LogP contribution in [0.25, 0.3) is 6.08 Å². The van der Waals surface area contributed by atoms with E-state index in [9.17, 15) is 10.5 Å². The molecule has 2 nitrogen and oxygen atoms in total. The molecule has 0 aliphatic heterocycles. The number of aryl methyl sites for hydroxylation is 1. The van der Waals surface area contributed by atoms with Crippen molar-refractivity contribution < 1.29 is 0 Å². The second-order valence-electron chi connectivity index (χ2n) is 4.75. The predicted octanol–water partition coefficient (Wildman–Crippen LogP) is 4.45. The maximum absolute atomic E-state index is 9.39. The number of nitrogens with zero attached hydrogens (tertiary/aromatic N) is 2. The molecule has 0 aromatic heterocycles. The van der Waals surface area contributed by atoms with Crippen LogP contribution in [0.2, 0.25) is 0 Å². The van der Waals surface area contributed by atoms with Crippen molar-refractivity contribution in [3.63, 3.8) is 0 Å². The summed E-state index contributed by atoms with van der Waals surface area (Å²) in [6, 6.07) is 19.5. The Labute approximate surface area is 135 Å². The fourth-order valence-electron chi connectivity index (χ4n) is 2.11. The summed E-state index contributed by atoms with van der Waals surface area (Å²) in [6.07, 6.45) is 2.60. The van der Waals surface area contributed by atoms with Crippen LogP contribution in [0.4, 0.5) is 0 Å². The van der Waals surface area contributed by atoms with Crippen LogP contribution in [-0.2, 0) is 6.42 Å². The van der Waals surface area contributed by atoms with E-state index in [-0.39, 0.29) is 0 Å². The Morgan fingerprint density at radius 1 is 1.14 bits per heavy atom. The molecular formula is C19H14N2S. The Bertz CT molecular complexity index is 806. The lowest BCUT2D eigenvalue weighted by atomic mass is 9.97. The van der Waals surface area contributed by atoms with E-state index in [1.54, 1.807) is 6.08 Å². The topological polar surface area (TPSA) is 47.6 Å². The zero-order chi connectivity index (χ0) is 15.9. The number of benzene rings is 2. The third kappa shape index (κ3) is 3.47. The Morgan fingerprint density at radius 3 is 2.45 bits per heavy atom. The highest BCUT2D eigenvalue weighted by atomic mass is 32.1. The van der Waals surface area contributed by atoms with Gasteiger partial charge in [-0.3, -0.25) is 0 Å². The molecule has 2 aromatic carbocycles. The minimum atomic E-state index is 0.391. The minimum Gasteiger partial charge on any atom is -0.192 e. The number of rotatable bonds is 4. The van der Waals surface area contributed by atoms with Crippen LogP contribution in [0.5, 0.6) is 0 Å². The van der Waals surface area contributed by atoms with Crippen LogP contribution < -0.4 is 0 Å². The summed E-state index contributed by atoms with van der Waals surface area (Å²) >= 11 is 5.43. The molecule has 106 valence electrons. The van der Waals surface area contributed by atoms with Gasteiger partial charge in [0.25, 0.3) is 0 Å². The lowest BCUT2D eigenvalue weighted by Gasteiger charge is -2.07. The number of hydrogen-bond donors (Lipinski definition) is 0. The third-order valence-electron chi connectivity index (χ3n) is 3.33. The highest BCUT2D eigenvalue weighted by molar-refractivity contribution is 7.81. The average molecular weight is 302 g/mol. The molecule has 0 N–H and O–H groups in total. The summed E-state index contributed by atoms with van der Waals surface area (Å²) < 4.78 is 0. The van der Waals surface area contributed by atoms with Crippen LogP contribution in [0, 0.1) is 22.7 Å². The first-order valence-corrected chi connectivity index (χ1v) is 7.35. The van der Waals surface area contributed by atoms with E-state index in [2.05, 4.69) is 12.1 Å². The van der Waals surface area contributed by atoms with Gasteiger partial charge in [-0.2, -0.15) is 10.5 Å². The number of nitriles is 2. The van der Waals surface area contributed by atoms with E-state index in [0.717, 1.165) is 17.5 Å². The monoisotopic (exact) mass is 302 g/mol. The van der Waals surface area contributed by atoms with Gasteiger partial charge in [-0.25, -0.2) is 0 Å². The summed E-state index contributed by atoms with van der Waals surface area (Å²) in [7, 11) is 0. The molecule has 0 bridgehead atoms. The molecule has 0 saturated heterocycles. The SMILES string of the molecule is CCc1ccc(C(=S)C(C#N)=Cc2ccccc2)c(C#N)c1. The molecule has 0 unspecified atom stereocenters. The van der Waals surface area contributed by atoms with Crippen molar-refractivity contribution in [2.45, 2.75) is 13.3 Å². The van der Waals surface area contributed by atoms with E-state index in [1.807, 2.05) is 55.5 Å². The van der Waals surface area contributed by atoms with Crippen molar-refractivity contribution in [2.24, 2.45) is 0 Å². The first kappa shape index (κ1) is 15.6. The second-order valence-corrected chi connectivity index (χ2v) is 5.16. The summed E-state index contributed by atoms with van der Waals surface area (Å²) in [5, 5.41) is 18.7. The maximum atomic E-state index is 9.39. The van der Waals surface area contributed by atoms with Gasteiger partial charge < -0.3 is 0 Å². The summed E-state index contributed by atoms with van der Waals surface area (Å²) in [6.45, 7) is 2.03. The van der Waals surface area contributed by atoms with Crippen molar-refractivity contribution in [3.8, 4) is 12.1 Å². The molecule has 0 spiro atoms. The lowest BCUT2D eigenvalue weighted by Crippen LogP contribution is -2.04. The molecule has 0 fully saturated rings. The molecule has 2 rings (SSSR count). The molecule has 3 heteroatoms. The van der Waals surface area contributed by atoms with Crippen LogP contribution >= 0.6 is 12.2 Å². The molecule has 0 atom stereocenters. The second kappa shape index (κ2) is 7.31. The highest BCUT2D eigenvalue weighted by Crippen LogP contribution is 2.19. The van der Waals surface area contributed by atoms with Crippen molar-refractivity contribution in [1.29, 1.82) is 10.5 Å². The molecule has 0 amide bonds. The molecule has 0 aliphatic rings. The Kier molecular flexibility index (Phi) is 5.20. The maximum Gasteiger partial charge on any atom is 0.101 e. The summed E-state index contributed by atoms with van der Waals surface area (Å²) in [5.41, 5.74) is 3.53. The van der Waals surface area contributed by atoms with Crippen molar-refractivity contribution in [2.75, 3.05) is 0 Å². The molecule has 0 aliphatic carbocycles. The van der Waals surface area contributed by atoms with E-state index in [1.165, 1.54) is 0 Å². The third-order valence-corrected chi connectivity index (χ3v) is 3.77. The van der Waals surface area contributed by atoms with Gasteiger partial charge in [0.05, 0.1) is 22.1 Å². The van der Waals surface area contributed by atoms with Gasteiger partial charge in [0, 0.05) is 5.56 Å². The molecular weight excluding hydrogens is 288 g/mol. The Balaban J connectivity index is 2.45. The largest absolute Gasteiger partial charge is 0.192 e. The zero-order valence-electron chi connectivity index (χ0n) is 12.2. The Morgan fingerprint density at radius 2 is 1.86 bits per heavy atom. The van der Waals surface area contributed by atoms with Crippen LogP contribution in [-0.4, -0.2) is 4.86 Å². The summed E-state index contributed by atoms with van der Waals surface area (Å²) in [5.74, 6) is 0. The minimum absolute atomic E-state index is 0.391. The first-order chi connectivity index (χ1) is 10.7. The number of thiocarbonyl (C=S) groups is 1. The normalized spacial score (nSPS) is 10.6. The first-order valence-electron chi connectivity index (χ1n) is 6.94. The van der Waals surface area contributed by atoms with Crippen molar-refractivity contribution in [3.05, 3.63) is 76.4 Å². The molecule has 22 heavy (non-hydrogen) atoms. The summed E-state index contributed by atoms with van der Waals surface area (Å²) in [4.78, 5) is 0.408. The Hall–Kier alpha value is -2.75. The van der Waals surface area contributed by atoms with Gasteiger partial charge in [-0.05, 0) is 29.7 Å². The number of hydrogen-bond acceptors (Lipinski definition) is 3. The smallest absolute Gasteiger partial charge is 0.101 e. The van der Waals surface area contributed by atoms with E-state index in [4.69, 9.17) is 12.2 Å². The fraction of sp³-hybridized carbons (Fsp3) is 0.105. The highest BCUT2D eigenvalue weighted by Gasteiger charge is 2.12. The van der Waals surface area contributed by atoms with Crippen LogP contribution in [0.1, 0.15) is 29.2 Å². The van der Waals surface area contributed by atoms with Gasteiger partial charge in [0.1, 0.15) is 6.07 Å². The lowest BCUT2D eigenvalue weighted by molar-refractivity contribution is 1.14. The van der Waals surface area contributed by atoms with E-state index >= 15 is 0 Å². The van der Waals surface area contributed by atoms with Gasteiger partial charge in [-0.15, -0.1) is 0 Å². The predicted molar refractivity (Wildman–Crippen MR) is 92.3 cm³/mol. The van der Waals surface area contributed by atoms with E-state index in [0.29, 0.717) is 21.6 Å². The molecule has 0 heterocycles. The van der Waals surface area contributed by atoms with Crippen LogP contribution in [0.15, 0.2) is 54.1 Å². The fourth-order valence-corrected chi connectivity index (χ4v) is 2.39. The zero-order valence-corrected chi connectivity index (χ0v) is 13.0. The van der Waals surface area contributed by atoms with Gasteiger partial charge >= 0.3 is 0 Å².